The van der Waals surface area contributed by atoms with Crippen molar-refractivity contribution < 1.29 is 9.47 Å². The molecule has 0 bridgehead atoms. The van der Waals surface area contributed by atoms with Gasteiger partial charge in [0.25, 0.3) is 0 Å². The van der Waals surface area contributed by atoms with E-state index in [0.29, 0.717) is 5.92 Å². The monoisotopic (exact) mass is 295 g/mol. The van der Waals surface area contributed by atoms with Gasteiger partial charge in [-0.25, -0.2) is 0 Å². The second kappa shape index (κ2) is 5.33. The van der Waals surface area contributed by atoms with E-state index in [0.717, 1.165) is 37.4 Å². The summed E-state index contributed by atoms with van der Waals surface area (Å²) in [5.74, 6) is 2.18. The van der Waals surface area contributed by atoms with Crippen molar-refractivity contribution in [3.8, 4) is 11.5 Å². The zero-order valence-corrected chi connectivity index (χ0v) is 13.1. The third-order valence-corrected chi connectivity index (χ3v) is 4.96. The van der Waals surface area contributed by atoms with Gasteiger partial charge >= 0.3 is 0 Å². The first-order valence-corrected chi connectivity index (χ1v) is 7.88. The van der Waals surface area contributed by atoms with Crippen molar-refractivity contribution in [3.05, 3.63) is 58.1 Å². The van der Waals surface area contributed by atoms with Crippen LogP contribution in [0.1, 0.15) is 33.7 Å². The molecule has 1 aliphatic carbocycles. The molecule has 0 saturated heterocycles. The van der Waals surface area contributed by atoms with Crippen LogP contribution in [0.3, 0.4) is 0 Å². The summed E-state index contributed by atoms with van der Waals surface area (Å²) < 4.78 is 11.3. The first-order valence-electron chi connectivity index (χ1n) is 7.88. The molecular formula is C19H21NO2. The predicted molar refractivity (Wildman–Crippen MR) is 87.2 cm³/mol. The molecule has 2 aliphatic rings. The lowest BCUT2D eigenvalue weighted by Crippen LogP contribution is -2.24. The van der Waals surface area contributed by atoms with Crippen molar-refractivity contribution in [2.75, 3.05) is 27.3 Å². The Hall–Kier alpha value is -2.00. The second-order valence-corrected chi connectivity index (χ2v) is 6.05. The molecular weight excluding hydrogens is 274 g/mol. The average Bonchev–Trinajstić information content (AvgIpc) is 2.78. The fourth-order valence-corrected chi connectivity index (χ4v) is 4.02. The first kappa shape index (κ1) is 13.6. The third-order valence-electron chi connectivity index (χ3n) is 4.96. The fraction of sp³-hybridized carbons (Fsp3) is 0.368. The Balaban J connectivity index is 2.00. The molecule has 2 aromatic rings. The van der Waals surface area contributed by atoms with E-state index in [1.807, 2.05) is 0 Å². The second-order valence-electron chi connectivity index (χ2n) is 6.05. The van der Waals surface area contributed by atoms with Gasteiger partial charge < -0.3 is 14.8 Å². The maximum absolute atomic E-state index is 5.72. The van der Waals surface area contributed by atoms with Crippen LogP contribution in [0.25, 0.3) is 0 Å². The molecule has 0 fully saturated rings. The van der Waals surface area contributed by atoms with Crippen LogP contribution in [-0.2, 0) is 12.8 Å². The van der Waals surface area contributed by atoms with Gasteiger partial charge in [0.1, 0.15) is 0 Å². The summed E-state index contributed by atoms with van der Waals surface area (Å²) in [7, 11) is 3.46. The van der Waals surface area contributed by atoms with Crippen LogP contribution >= 0.6 is 0 Å². The van der Waals surface area contributed by atoms with Crippen molar-refractivity contribution in [3.63, 3.8) is 0 Å². The molecule has 3 heteroatoms. The van der Waals surface area contributed by atoms with E-state index in [1.165, 1.54) is 27.8 Å². The predicted octanol–water partition coefficient (Wildman–Crippen LogP) is 2.89. The van der Waals surface area contributed by atoms with Gasteiger partial charge in [-0.15, -0.1) is 0 Å². The van der Waals surface area contributed by atoms with E-state index >= 15 is 0 Å². The van der Waals surface area contributed by atoms with E-state index in [-0.39, 0.29) is 0 Å². The van der Waals surface area contributed by atoms with Crippen LogP contribution in [-0.4, -0.2) is 27.3 Å². The Labute approximate surface area is 131 Å². The smallest absolute Gasteiger partial charge is 0.164 e. The van der Waals surface area contributed by atoms with Gasteiger partial charge in [0.2, 0.25) is 0 Å². The number of hydrogen-bond donors (Lipinski definition) is 1. The summed E-state index contributed by atoms with van der Waals surface area (Å²) in [5.41, 5.74) is 7.03. The molecule has 1 heterocycles. The zero-order valence-electron chi connectivity index (χ0n) is 13.1. The molecule has 1 aliphatic heterocycles. The number of methoxy groups -OCH3 is 2. The lowest BCUT2D eigenvalue weighted by Gasteiger charge is -2.31. The highest BCUT2D eigenvalue weighted by Crippen LogP contribution is 2.46. The highest BCUT2D eigenvalue weighted by atomic mass is 16.5. The minimum absolute atomic E-state index is 0.414. The summed E-state index contributed by atoms with van der Waals surface area (Å²) in [6.07, 6.45) is 1.97. The van der Waals surface area contributed by atoms with Crippen LogP contribution in [0.2, 0.25) is 0 Å². The fourth-order valence-electron chi connectivity index (χ4n) is 4.02. The van der Waals surface area contributed by atoms with Crippen LogP contribution in [0.15, 0.2) is 30.3 Å². The number of fused-ring (bicyclic) bond motifs is 2. The maximum Gasteiger partial charge on any atom is 0.164 e. The zero-order chi connectivity index (χ0) is 15.1. The van der Waals surface area contributed by atoms with Gasteiger partial charge in [-0.1, -0.05) is 24.3 Å². The van der Waals surface area contributed by atoms with E-state index in [2.05, 4.69) is 35.6 Å². The Morgan fingerprint density at radius 2 is 1.95 bits per heavy atom. The molecule has 22 heavy (non-hydrogen) atoms. The van der Waals surface area contributed by atoms with Crippen LogP contribution in [0.5, 0.6) is 11.5 Å². The lowest BCUT2D eigenvalue weighted by molar-refractivity contribution is 0.350. The summed E-state index contributed by atoms with van der Waals surface area (Å²) in [6, 6.07) is 11.0. The van der Waals surface area contributed by atoms with Crippen LogP contribution in [0.4, 0.5) is 0 Å². The quantitative estimate of drug-likeness (QED) is 0.924. The summed E-state index contributed by atoms with van der Waals surface area (Å²) in [5, 5.41) is 3.59. The third kappa shape index (κ3) is 1.92. The van der Waals surface area contributed by atoms with Crippen molar-refractivity contribution >= 4 is 0 Å². The molecule has 0 radical (unpaired) electrons. The molecule has 0 saturated carbocycles. The highest BCUT2D eigenvalue weighted by Gasteiger charge is 2.32. The lowest BCUT2D eigenvalue weighted by atomic mass is 9.75. The summed E-state index contributed by atoms with van der Waals surface area (Å²) in [4.78, 5) is 0. The molecule has 4 rings (SSSR count). The topological polar surface area (TPSA) is 30.5 Å². The van der Waals surface area contributed by atoms with Gasteiger partial charge in [0.15, 0.2) is 11.5 Å². The van der Waals surface area contributed by atoms with Crippen molar-refractivity contribution in [2.24, 2.45) is 0 Å². The van der Waals surface area contributed by atoms with Crippen LogP contribution < -0.4 is 14.8 Å². The Morgan fingerprint density at radius 1 is 1.09 bits per heavy atom. The number of ether oxygens (including phenoxy) is 2. The first-order chi connectivity index (χ1) is 10.8. The van der Waals surface area contributed by atoms with E-state index in [4.69, 9.17) is 9.47 Å². The van der Waals surface area contributed by atoms with Gasteiger partial charge in [0.05, 0.1) is 14.2 Å². The number of nitrogens with one attached hydrogen (secondary N) is 1. The molecule has 0 unspecified atom stereocenters. The SMILES string of the molecule is COc1cc2c3c(c1OC)Cc1ccccc1[C@@H]3CNCC2. The Kier molecular flexibility index (Phi) is 3.30. The van der Waals surface area contributed by atoms with Crippen molar-refractivity contribution in [2.45, 2.75) is 18.8 Å². The summed E-state index contributed by atoms with van der Waals surface area (Å²) in [6.45, 7) is 2.01. The van der Waals surface area contributed by atoms with Crippen LogP contribution in [0, 0.1) is 0 Å². The molecule has 1 atom stereocenters. The minimum Gasteiger partial charge on any atom is -0.493 e. The molecule has 0 spiro atoms. The standard InChI is InChI=1S/C19H21NO2/c1-21-17-10-13-7-8-20-11-16-14-6-4-3-5-12(14)9-15(18(13)16)19(17)22-2/h3-6,10,16,20H,7-9,11H2,1-2H3/t16-/m0/s1. The van der Waals surface area contributed by atoms with Crippen molar-refractivity contribution in [1.82, 2.24) is 5.32 Å². The van der Waals surface area contributed by atoms with Gasteiger partial charge in [-0.3, -0.25) is 0 Å². The molecule has 1 N–H and O–H groups in total. The number of benzene rings is 2. The molecule has 0 aromatic heterocycles. The summed E-state index contributed by atoms with van der Waals surface area (Å²) >= 11 is 0. The molecule has 3 nitrogen and oxygen atoms in total. The largest absolute Gasteiger partial charge is 0.493 e. The van der Waals surface area contributed by atoms with Gasteiger partial charge in [-0.05, 0) is 41.3 Å². The molecule has 0 amide bonds. The Morgan fingerprint density at radius 3 is 2.77 bits per heavy atom. The highest BCUT2D eigenvalue weighted by molar-refractivity contribution is 5.62. The normalized spacial score (nSPS) is 18.9. The maximum atomic E-state index is 5.72. The van der Waals surface area contributed by atoms with Crippen molar-refractivity contribution in [1.29, 1.82) is 0 Å². The minimum atomic E-state index is 0.414. The molecule has 114 valence electrons. The van der Waals surface area contributed by atoms with E-state index < -0.39 is 0 Å². The van der Waals surface area contributed by atoms with E-state index in [9.17, 15) is 0 Å². The number of rotatable bonds is 2. The van der Waals surface area contributed by atoms with E-state index in [1.54, 1.807) is 14.2 Å². The average molecular weight is 295 g/mol. The number of hydrogen-bond acceptors (Lipinski definition) is 3. The molecule has 2 aromatic carbocycles. The van der Waals surface area contributed by atoms with Gasteiger partial charge in [-0.2, -0.15) is 0 Å². The Bertz CT molecular complexity index is 724. The van der Waals surface area contributed by atoms with Gasteiger partial charge in [0, 0.05) is 24.4 Å².